The van der Waals surface area contributed by atoms with Gasteiger partial charge in [-0.15, -0.1) is 0 Å². The fourth-order valence-corrected chi connectivity index (χ4v) is 2.75. The van der Waals surface area contributed by atoms with Gasteiger partial charge in [0.2, 0.25) is 11.7 Å². The van der Waals surface area contributed by atoms with E-state index in [1.54, 1.807) is 61.8 Å². The van der Waals surface area contributed by atoms with Crippen molar-refractivity contribution in [1.29, 1.82) is 0 Å². The van der Waals surface area contributed by atoms with Gasteiger partial charge < -0.3 is 9.26 Å². The van der Waals surface area contributed by atoms with Crippen molar-refractivity contribution in [1.82, 2.24) is 19.3 Å². The van der Waals surface area contributed by atoms with E-state index in [0.717, 1.165) is 11.3 Å². The minimum atomic E-state index is -0.671. The van der Waals surface area contributed by atoms with Crippen LogP contribution in [0.1, 0.15) is 5.89 Å². The van der Waals surface area contributed by atoms with Crippen molar-refractivity contribution < 1.29 is 9.26 Å². The maximum Gasteiger partial charge on any atom is 0.320 e. The lowest BCUT2D eigenvalue weighted by Gasteiger charge is -2.07. The van der Waals surface area contributed by atoms with E-state index >= 15 is 0 Å². The highest BCUT2D eigenvalue weighted by Gasteiger charge is 2.12. The number of rotatable bonds is 5. The number of hydrogen-bond acceptors (Lipinski definition) is 6. The lowest BCUT2D eigenvalue weighted by Crippen LogP contribution is -2.40. The zero-order valence-electron chi connectivity index (χ0n) is 15.0. The summed E-state index contributed by atoms with van der Waals surface area (Å²) in [5.74, 6) is 1.34. The van der Waals surface area contributed by atoms with Crippen LogP contribution in [0.4, 0.5) is 0 Å². The Kier molecular flexibility index (Phi) is 4.59. The monoisotopic (exact) mass is 376 g/mol. The number of para-hydroxylation sites is 1. The Hall–Kier alpha value is -3.94. The van der Waals surface area contributed by atoms with Gasteiger partial charge in [-0.3, -0.25) is 18.7 Å². The molecule has 0 saturated heterocycles. The quantitative estimate of drug-likeness (QED) is 0.495. The van der Waals surface area contributed by atoms with Gasteiger partial charge in [0.1, 0.15) is 12.3 Å². The molecule has 0 fully saturated rings. The van der Waals surface area contributed by atoms with E-state index in [9.17, 15) is 9.59 Å². The van der Waals surface area contributed by atoms with Gasteiger partial charge in [-0.05, 0) is 36.4 Å². The van der Waals surface area contributed by atoms with Crippen LogP contribution in [0.15, 0.2) is 81.1 Å². The smallest absolute Gasteiger partial charge is 0.320 e. The highest BCUT2D eigenvalue weighted by molar-refractivity contribution is 5.55. The van der Waals surface area contributed by atoms with Gasteiger partial charge in [0.15, 0.2) is 0 Å². The van der Waals surface area contributed by atoms with Gasteiger partial charge in [-0.1, -0.05) is 23.4 Å². The van der Waals surface area contributed by atoms with Gasteiger partial charge in [-0.2, -0.15) is 4.98 Å². The maximum atomic E-state index is 12.4. The summed E-state index contributed by atoms with van der Waals surface area (Å²) >= 11 is 0. The minimum Gasteiger partial charge on any atom is -0.497 e. The molecule has 0 atom stereocenters. The third-order valence-electron chi connectivity index (χ3n) is 4.21. The molecule has 0 unspecified atom stereocenters. The molecule has 0 aliphatic rings. The van der Waals surface area contributed by atoms with Gasteiger partial charge in [0, 0.05) is 23.6 Å². The molecule has 0 spiro atoms. The van der Waals surface area contributed by atoms with Crippen molar-refractivity contribution >= 4 is 0 Å². The zero-order valence-corrected chi connectivity index (χ0v) is 15.0. The summed E-state index contributed by atoms with van der Waals surface area (Å²) in [6.45, 7) is 0.00680. The van der Waals surface area contributed by atoms with Gasteiger partial charge in [-0.25, -0.2) is 0 Å². The SMILES string of the molecule is COc1ccc(-c2noc(Cn3ccn(-c4ccccc4)c(=O)c3=O)n2)cc1. The molecule has 0 amide bonds. The first kappa shape index (κ1) is 17.5. The van der Waals surface area contributed by atoms with E-state index in [0.29, 0.717) is 11.5 Å². The molecule has 140 valence electrons. The minimum absolute atomic E-state index is 0.00680. The van der Waals surface area contributed by atoms with E-state index in [1.807, 2.05) is 6.07 Å². The Balaban J connectivity index is 1.60. The topological polar surface area (TPSA) is 92.2 Å². The second kappa shape index (κ2) is 7.36. The average Bonchev–Trinajstić information content (AvgIpc) is 3.21. The van der Waals surface area contributed by atoms with Crippen molar-refractivity contribution in [3.63, 3.8) is 0 Å². The molecule has 0 aliphatic carbocycles. The zero-order chi connectivity index (χ0) is 19.5. The van der Waals surface area contributed by atoms with Gasteiger partial charge in [0.05, 0.1) is 7.11 Å². The van der Waals surface area contributed by atoms with Crippen LogP contribution in [0.2, 0.25) is 0 Å². The molecule has 8 nitrogen and oxygen atoms in total. The Labute approximate surface area is 159 Å². The molecule has 2 aromatic carbocycles. The highest BCUT2D eigenvalue weighted by atomic mass is 16.5. The average molecular weight is 376 g/mol. The molecule has 4 rings (SSSR count). The Morgan fingerprint density at radius 3 is 2.43 bits per heavy atom. The molecule has 2 heterocycles. The lowest BCUT2D eigenvalue weighted by molar-refractivity contribution is 0.369. The number of ether oxygens (including phenoxy) is 1. The van der Waals surface area contributed by atoms with Crippen LogP contribution in [0.5, 0.6) is 5.75 Å². The van der Waals surface area contributed by atoms with Crippen molar-refractivity contribution in [3.8, 4) is 22.8 Å². The van der Waals surface area contributed by atoms with Crippen LogP contribution in [0.25, 0.3) is 17.1 Å². The summed E-state index contributed by atoms with van der Waals surface area (Å²) in [5, 5.41) is 3.93. The molecular formula is C20H16N4O4. The van der Waals surface area contributed by atoms with E-state index in [1.165, 1.54) is 15.3 Å². The van der Waals surface area contributed by atoms with E-state index < -0.39 is 11.1 Å². The lowest BCUT2D eigenvalue weighted by atomic mass is 10.2. The molecule has 0 bridgehead atoms. The van der Waals surface area contributed by atoms with Crippen LogP contribution in [-0.4, -0.2) is 26.4 Å². The molecule has 0 N–H and O–H groups in total. The molecule has 0 aliphatic heterocycles. The fraction of sp³-hybridized carbons (Fsp3) is 0.100. The second-order valence-electron chi connectivity index (χ2n) is 5.98. The largest absolute Gasteiger partial charge is 0.497 e. The predicted molar refractivity (Wildman–Crippen MR) is 102 cm³/mol. The van der Waals surface area contributed by atoms with Crippen molar-refractivity contribution in [3.05, 3.63) is 93.6 Å². The Morgan fingerprint density at radius 1 is 0.964 bits per heavy atom. The van der Waals surface area contributed by atoms with Gasteiger partial charge >= 0.3 is 11.1 Å². The summed E-state index contributed by atoms with van der Waals surface area (Å²) in [5.41, 5.74) is 0.0538. The Morgan fingerprint density at radius 2 is 1.71 bits per heavy atom. The predicted octanol–water partition coefficient (Wildman–Crippen LogP) is 2.11. The summed E-state index contributed by atoms with van der Waals surface area (Å²) in [6.07, 6.45) is 3.06. The molecule has 8 heteroatoms. The number of methoxy groups -OCH3 is 1. The first-order chi connectivity index (χ1) is 13.7. The van der Waals surface area contributed by atoms with Crippen molar-refractivity contribution in [2.45, 2.75) is 6.54 Å². The third kappa shape index (κ3) is 3.35. The fourth-order valence-electron chi connectivity index (χ4n) is 2.75. The highest BCUT2D eigenvalue weighted by Crippen LogP contribution is 2.19. The summed E-state index contributed by atoms with van der Waals surface area (Å²) in [7, 11) is 1.59. The van der Waals surface area contributed by atoms with E-state index in [4.69, 9.17) is 9.26 Å². The summed E-state index contributed by atoms with van der Waals surface area (Å²) < 4.78 is 12.9. The normalized spacial score (nSPS) is 10.8. The van der Waals surface area contributed by atoms with E-state index in [-0.39, 0.29) is 12.4 Å². The third-order valence-corrected chi connectivity index (χ3v) is 4.21. The number of nitrogens with zero attached hydrogens (tertiary/aromatic N) is 4. The van der Waals surface area contributed by atoms with Gasteiger partial charge in [0.25, 0.3) is 0 Å². The number of aromatic nitrogens is 4. The van der Waals surface area contributed by atoms with Crippen LogP contribution in [-0.2, 0) is 6.54 Å². The van der Waals surface area contributed by atoms with Crippen LogP contribution >= 0.6 is 0 Å². The first-order valence-electron chi connectivity index (χ1n) is 8.50. The maximum absolute atomic E-state index is 12.4. The summed E-state index contributed by atoms with van der Waals surface area (Å²) in [6, 6.07) is 16.1. The summed E-state index contributed by atoms with van der Waals surface area (Å²) in [4.78, 5) is 29.2. The standard InChI is InChI=1S/C20H16N4O4/c1-27-16-9-7-14(8-10-16)18-21-17(28-22-18)13-23-11-12-24(20(26)19(23)25)15-5-3-2-4-6-15/h2-12H,13H2,1H3. The molecule has 28 heavy (non-hydrogen) atoms. The van der Waals surface area contributed by atoms with Crippen LogP contribution in [0, 0.1) is 0 Å². The van der Waals surface area contributed by atoms with Crippen LogP contribution < -0.4 is 15.9 Å². The number of hydrogen-bond donors (Lipinski definition) is 0. The van der Waals surface area contributed by atoms with E-state index in [2.05, 4.69) is 10.1 Å². The van der Waals surface area contributed by atoms with Crippen molar-refractivity contribution in [2.75, 3.05) is 7.11 Å². The molecule has 0 radical (unpaired) electrons. The molecular weight excluding hydrogens is 360 g/mol. The number of benzene rings is 2. The first-order valence-corrected chi connectivity index (χ1v) is 8.50. The molecule has 2 aromatic heterocycles. The molecule has 0 saturated carbocycles. The Bertz CT molecular complexity index is 1210. The molecule has 4 aromatic rings. The van der Waals surface area contributed by atoms with Crippen LogP contribution in [0.3, 0.4) is 0 Å². The second-order valence-corrected chi connectivity index (χ2v) is 5.98. The van der Waals surface area contributed by atoms with Crippen molar-refractivity contribution in [2.24, 2.45) is 0 Å².